The Hall–Kier alpha value is -2.96. The molecule has 180 valence electrons. The molecule has 1 amide bonds. The molecule has 0 aliphatic carbocycles. The number of thiazole rings is 1. The summed E-state index contributed by atoms with van der Waals surface area (Å²) >= 11 is 6.56. The van der Waals surface area contributed by atoms with Crippen LogP contribution in [0.4, 0.5) is 19.0 Å². The van der Waals surface area contributed by atoms with Crippen LogP contribution in [0.5, 0.6) is 0 Å². The highest BCUT2D eigenvalue weighted by atomic mass is 35.5. The Labute approximate surface area is 201 Å². The molecule has 3 aromatic rings. The van der Waals surface area contributed by atoms with Crippen molar-refractivity contribution >= 4 is 40.4 Å². The maximum Gasteiger partial charge on any atom is 0.418 e. The molecule has 0 spiro atoms. The summed E-state index contributed by atoms with van der Waals surface area (Å²) in [5, 5.41) is 11.2. The summed E-state index contributed by atoms with van der Waals surface area (Å²) in [4.78, 5) is 41.2. The third-order valence-electron chi connectivity index (χ3n) is 4.66. The maximum absolute atomic E-state index is 13.0. The second kappa shape index (κ2) is 11.0. The van der Waals surface area contributed by atoms with Gasteiger partial charge in [-0.1, -0.05) is 18.5 Å². The first-order valence-electron chi connectivity index (χ1n) is 10.0. The van der Waals surface area contributed by atoms with Crippen molar-refractivity contribution < 1.29 is 27.9 Å². The van der Waals surface area contributed by atoms with Gasteiger partial charge in [0.1, 0.15) is 22.7 Å². The number of rotatable bonds is 9. The number of aliphatic hydroxyl groups excluding tert-OH is 1. The zero-order valence-corrected chi connectivity index (χ0v) is 19.3. The largest absolute Gasteiger partial charge is 0.418 e. The topological polar surface area (TPSA) is 118 Å². The van der Waals surface area contributed by atoms with Crippen LogP contribution in [0, 0.1) is 0 Å². The number of Topliss-reactive ketones (excluding diaryl/α,β-unsaturated/α-hetero) is 1. The van der Waals surface area contributed by atoms with Crippen LogP contribution in [0.25, 0.3) is 0 Å². The Balaban J connectivity index is 1.65. The standard InChI is InChI=1S/C21H19ClF3N5O3S/c1-11(5-16(32)15-6-12(3-2-4-31)28-10-29-15)20-27-9-17(34-20)19(33)30-18-7-13(21(23,24)25)14(22)8-26-18/h6-11,31H,2-5H2,1H3,(H,26,30,33). The van der Waals surface area contributed by atoms with E-state index in [0.717, 1.165) is 17.5 Å². The van der Waals surface area contributed by atoms with Crippen molar-refractivity contribution in [2.45, 2.75) is 38.3 Å². The summed E-state index contributed by atoms with van der Waals surface area (Å²) in [6.45, 7) is 1.78. The van der Waals surface area contributed by atoms with Crippen molar-refractivity contribution in [1.29, 1.82) is 0 Å². The number of carbonyl (C=O) groups is 2. The van der Waals surface area contributed by atoms with E-state index >= 15 is 0 Å². The minimum atomic E-state index is -4.69. The van der Waals surface area contributed by atoms with E-state index in [-0.39, 0.29) is 41.1 Å². The van der Waals surface area contributed by atoms with Crippen LogP contribution < -0.4 is 5.32 Å². The molecular formula is C21H19ClF3N5O3S. The van der Waals surface area contributed by atoms with Gasteiger partial charge in [-0.15, -0.1) is 11.3 Å². The number of anilines is 1. The van der Waals surface area contributed by atoms with Crippen molar-refractivity contribution in [3.05, 3.63) is 62.7 Å². The summed E-state index contributed by atoms with van der Waals surface area (Å²) in [7, 11) is 0. The zero-order valence-electron chi connectivity index (χ0n) is 17.8. The Morgan fingerprint density at radius 3 is 2.65 bits per heavy atom. The number of nitrogens with one attached hydrogen (secondary N) is 1. The van der Waals surface area contributed by atoms with Crippen LogP contribution >= 0.6 is 22.9 Å². The number of hydrogen-bond donors (Lipinski definition) is 2. The fourth-order valence-corrected chi connectivity index (χ4v) is 4.01. The van der Waals surface area contributed by atoms with Crippen LogP contribution in [0.3, 0.4) is 0 Å². The number of aryl methyl sites for hydroxylation is 1. The average molecular weight is 514 g/mol. The Morgan fingerprint density at radius 2 is 1.94 bits per heavy atom. The van der Waals surface area contributed by atoms with Gasteiger partial charge in [-0.25, -0.2) is 19.9 Å². The second-order valence-corrected chi connectivity index (χ2v) is 8.78. The molecule has 3 heterocycles. The van der Waals surface area contributed by atoms with E-state index in [2.05, 4.69) is 25.3 Å². The fourth-order valence-electron chi connectivity index (χ4n) is 2.94. The third kappa shape index (κ3) is 6.55. The van der Waals surface area contributed by atoms with E-state index in [4.69, 9.17) is 16.7 Å². The number of alkyl halides is 3. The Morgan fingerprint density at radius 1 is 1.18 bits per heavy atom. The van der Waals surface area contributed by atoms with Gasteiger partial charge in [0.2, 0.25) is 0 Å². The number of nitrogens with zero attached hydrogens (tertiary/aromatic N) is 4. The van der Waals surface area contributed by atoms with Gasteiger partial charge >= 0.3 is 6.18 Å². The highest BCUT2D eigenvalue weighted by Gasteiger charge is 2.34. The van der Waals surface area contributed by atoms with Crippen LogP contribution in [-0.2, 0) is 12.6 Å². The molecule has 0 aliphatic heterocycles. The number of hydrogen-bond acceptors (Lipinski definition) is 8. The van der Waals surface area contributed by atoms with Crippen molar-refractivity contribution in [2.75, 3.05) is 11.9 Å². The van der Waals surface area contributed by atoms with Crippen molar-refractivity contribution in [3.8, 4) is 0 Å². The second-order valence-electron chi connectivity index (χ2n) is 7.31. The highest BCUT2D eigenvalue weighted by molar-refractivity contribution is 7.13. The molecule has 3 rings (SSSR count). The van der Waals surface area contributed by atoms with Gasteiger partial charge in [-0.05, 0) is 25.0 Å². The molecule has 0 bridgehead atoms. The van der Waals surface area contributed by atoms with E-state index in [9.17, 15) is 22.8 Å². The summed E-state index contributed by atoms with van der Waals surface area (Å²) in [5.74, 6) is -1.55. The van der Waals surface area contributed by atoms with E-state index in [1.165, 1.54) is 12.5 Å². The first-order valence-corrected chi connectivity index (χ1v) is 11.2. The number of aliphatic hydroxyl groups is 1. The van der Waals surface area contributed by atoms with Gasteiger partial charge in [0, 0.05) is 30.8 Å². The van der Waals surface area contributed by atoms with Crippen LogP contribution in [-0.4, -0.2) is 43.3 Å². The molecule has 0 saturated carbocycles. The Kier molecular flexibility index (Phi) is 8.28. The minimum Gasteiger partial charge on any atom is -0.396 e. The molecular weight excluding hydrogens is 495 g/mol. The fraction of sp³-hybridized carbons (Fsp3) is 0.333. The molecule has 0 saturated heterocycles. The van der Waals surface area contributed by atoms with Gasteiger partial charge in [0.15, 0.2) is 5.78 Å². The molecule has 8 nitrogen and oxygen atoms in total. The molecule has 3 aromatic heterocycles. The molecule has 0 fully saturated rings. The van der Waals surface area contributed by atoms with E-state index < -0.39 is 22.7 Å². The van der Waals surface area contributed by atoms with Gasteiger partial charge in [0.25, 0.3) is 5.91 Å². The van der Waals surface area contributed by atoms with Crippen LogP contribution in [0.2, 0.25) is 5.02 Å². The highest BCUT2D eigenvalue weighted by Crippen LogP contribution is 2.35. The lowest BCUT2D eigenvalue weighted by Gasteiger charge is -2.10. The van der Waals surface area contributed by atoms with Gasteiger partial charge in [-0.2, -0.15) is 13.2 Å². The number of amides is 1. The molecule has 1 unspecified atom stereocenters. The number of halogens is 4. The predicted octanol–water partition coefficient (Wildman–Crippen LogP) is 4.55. The van der Waals surface area contributed by atoms with E-state index in [1.54, 1.807) is 13.0 Å². The molecule has 34 heavy (non-hydrogen) atoms. The lowest BCUT2D eigenvalue weighted by atomic mass is 10.0. The van der Waals surface area contributed by atoms with Crippen molar-refractivity contribution in [3.63, 3.8) is 0 Å². The predicted molar refractivity (Wildman–Crippen MR) is 119 cm³/mol. The van der Waals surface area contributed by atoms with Gasteiger partial charge < -0.3 is 10.4 Å². The molecule has 0 aromatic carbocycles. The average Bonchev–Trinajstić information content (AvgIpc) is 3.29. The van der Waals surface area contributed by atoms with Crippen molar-refractivity contribution in [2.24, 2.45) is 0 Å². The summed E-state index contributed by atoms with van der Waals surface area (Å²) in [5.41, 5.74) is -0.211. The smallest absolute Gasteiger partial charge is 0.396 e. The quantitative estimate of drug-likeness (QED) is 0.403. The van der Waals surface area contributed by atoms with Gasteiger partial charge in [0.05, 0.1) is 21.8 Å². The lowest BCUT2D eigenvalue weighted by Crippen LogP contribution is -2.13. The first kappa shape index (κ1) is 25.7. The maximum atomic E-state index is 13.0. The van der Waals surface area contributed by atoms with Gasteiger partial charge in [-0.3, -0.25) is 9.59 Å². The van der Waals surface area contributed by atoms with E-state index in [1.807, 2.05) is 0 Å². The molecule has 2 N–H and O–H groups in total. The lowest BCUT2D eigenvalue weighted by molar-refractivity contribution is -0.137. The third-order valence-corrected chi connectivity index (χ3v) is 6.19. The summed E-state index contributed by atoms with van der Waals surface area (Å²) in [6.07, 6.45) is -0.171. The molecule has 0 aliphatic rings. The number of carbonyl (C=O) groups excluding carboxylic acids is 2. The SMILES string of the molecule is CC(CC(=O)c1cc(CCCO)ncn1)c1ncc(C(=O)Nc2cc(C(F)(F)F)c(Cl)cn2)s1. The normalized spacial score (nSPS) is 12.4. The van der Waals surface area contributed by atoms with Crippen molar-refractivity contribution in [1.82, 2.24) is 19.9 Å². The van der Waals surface area contributed by atoms with Crippen LogP contribution in [0.15, 0.2) is 30.9 Å². The molecule has 1 atom stereocenters. The number of aromatic nitrogens is 4. The summed E-state index contributed by atoms with van der Waals surface area (Å²) < 4.78 is 39.0. The van der Waals surface area contributed by atoms with Crippen LogP contribution in [0.1, 0.15) is 62.1 Å². The zero-order chi connectivity index (χ0) is 24.9. The Bertz CT molecular complexity index is 1190. The number of pyridine rings is 1. The number of ketones is 1. The minimum absolute atomic E-state index is 0.0157. The summed E-state index contributed by atoms with van der Waals surface area (Å²) in [6, 6.07) is 2.24. The van der Waals surface area contributed by atoms with E-state index in [0.29, 0.717) is 29.6 Å². The monoisotopic (exact) mass is 513 g/mol. The molecule has 0 radical (unpaired) electrons. The molecule has 13 heteroatoms. The first-order chi connectivity index (χ1) is 16.1.